The number of allylic oxidation sites excluding steroid dienone is 12. The van der Waals surface area contributed by atoms with Crippen LogP contribution in [0, 0.1) is 50.0 Å². The van der Waals surface area contributed by atoms with Crippen LogP contribution in [0.25, 0.3) is 0 Å². The van der Waals surface area contributed by atoms with Crippen molar-refractivity contribution < 1.29 is 32.3 Å². The molecule has 0 bridgehead atoms. The fourth-order valence-electron chi connectivity index (χ4n) is 3.73. The van der Waals surface area contributed by atoms with E-state index in [1.165, 1.54) is 19.3 Å². The fraction of sp³-hybridized carbons (Fsp3) is 0.500. The molecule has 0 nitrogen and oxygen atoms in total. The van der Waals surface area contributed by atoms with E-state index in [0.717, 1.165) is 0 Å². The normalized spacial score (nSPS) is 20.8. The average molecular weight is 484 g/mol. The van der Waals surface area contributed by atoms with Crippen molar-refractivity contribution in [1.29, 1.82) is 0 Å². The second-order valence-electron chi connectivity index (χ2n) is 7.99. The third kappa shape index (κ3) is 3.87. The first-order valence-corrected chi connectivity index (χ1v) is 12.7. The standard InChI is InChI=1S/3C8H11.Dy/c3*1-7(2)8-5-3-4-6-8;/h3*3,5,7H,4H2,1-2H3;. The summed E-state index contributed by atoms with van der Waals surface area (Å²) in [6.45, 7) is 14.2. The molecule has 0 radical (unpaired) electrons. The summed E-state index contributed by atoms with van der Waals surface area (Å²) in [7, 11) is 0. The van der Waals surface area contributed by atoms with Crippen LogP contribution in [0.2, 0.25) is 0 Å². The summed E-state index contributed by atoms with van der Waals surface area (Å²) >= 11 is -1.52. The molecule has 0 aromatic carbocycles. The molecule has 3 rings (SSSR count). The number of rotatable bonds is 6. The molecular formula is C24H33Dy. The Kier molecular flexibility index (Phi) is 6.36. The van der Waals surface area contributed by atoms with Gasteiger partial charge in [-0.15, -0.1) is 0 Å². The molecule has 3 aliphatic carbocycles. The van der Waals surface area contributed by atoms with E-state index in [9.17, 15) is 0 Å². The van der Waals surface area contributed by atoms with Gasteiger partial charge in [-0.1, -0.05) is 0 Å². The molecule has 139 valence electrons. The summed E-state index contributed by atoms with van der Waals surface area (Å²) in [6, 6.07) is 0. The molecule has 25 heavy (non-hydrogen) atoms. The minimum absolute atomic E-state index is 0.642. The van der Waals surface area contributed by atoms with Crippen molar-refractivity contribution in [2.75, 3.05) is 0 Å². The fourth-order valence-corrected chi connectivity index (χ4v) is 11.9. The van der Waals surface area contributed by atoms with Gasteiger partial charge in [0.15, 0.2) is 0 Å². The van der Waals surface area contributed by atoms with Crippen LogP contribution in [0.15, 0.2) is 58.0 Å². The molecule has 0 spiro atoms. The van der Waals surface area contributed by atoms with Gasteiger partial charge in [0, 0.05) is 0 Å². The van der Waals surface area contributed by atoms with Crippen LogP contribution in [0.1, 0.15) is 60.8 Å². The summed E-state index contributed by atoms with van der Waals surface area (Å²) in [6.07, 6.45) is 18.1. The zero-order chi connectivity index (χ0) is 18.1. The van der Waals surface area contributed by atoms with E-state index < -0.39 is 32.3 Å². The molecule has 0 N–H and O–H groups in total. The number of hydrogen-bond donors (Lipinski definition) is 0. The van der Waals surface area contributed by atoms with Crippen molar-refractivity contribution in [3.8, 4) is 0 Å². The van der Waals surface area contributed by atoms with Gasteiger partial charge in [-0.25, -0.2) is 0 Å². The molecule has 0 aliphatic heterocycles. The molecule has 0 unspecified atom stereocenters. The second-order valence-corrected chi connectivity index (χ2v) is 13.2. The monoisotopic (exact) mass is 485 g/mol. The first-order valence-electron chi connectivity index (χ1n) is 9.71. The van der Waals surface area contributed by atoms with Gasteiger partial charge in [-0.05, 0) is 0 Å². The van der Waals surface area contributed by atoms with Crippen LogP contribution < -0.4 is 0 Å². The van der Waals surface area contributed by atoms with Gasteiger partial charge < -0.3 is 0 Å². The summed E-state index contributed by atoms with van der Waals surface area (Å²) in [4.78, 5) is 0. The molecule has 0 heterocycles. The van der Waals surface area contributed by atoms with Crippen molar-refractivity contribution >= 4 is 0 Å². The molecular weight excluding hydrogens is 451 g/mol. The summed E-state index contributed by atoms with van der Waals surface area (Å²) in [5.74, 6) is 1.93. The third-order valence-electron chi connectivity index (χ3n) is 5.07. The summed E-state index contributed by atoms with van der Waals surface area (Å²) in [5.41, 5.74) is 4.95. The van der Waals surface area contributed by atoms with Gasteiger partial charge in [0.05, 0.1) is 0 Å². The Bertz CT molecular complexity index is 617. The number of hydrogen-bond acceptors (Lipinski definition) is 0. The quantitative estimate of drug-likeness (QED) is 0.374. The van der Waals surface area contributed by atoms with Crippen molar-refractivity contribution in [2.24, 2.45) is 17.8 Å². The molecule has 0 saturated heterocycles. The zero-order valence-electron chi connectivity index (χ0n) is 16.6. The molecule has 0 aromatic heterocycles. The van der Waals surface area contributed by atoms with Gasteiger partial charge in [-0.3, -0.25) is 0 Å². The third-order valence-corrected chi connectivity index (χ3v) is 11.7. The maximum absolute atomic E-state index is 2.43. The first kappa shape index (κ1) is 19.5. The van der Waals surface area contributed by atoms with E-state index in [-0.39, 0.29) is 0 Å². The first-order chi connectivity index (χ1) is 11.9. The molecule has 0 aromatic rings. The van der Waals surface area contributed by atoms with Crippen LogP contribution in [0.4, 0.5) is 0 Å². The van der Waals surface area contributed by atoms with E-state index >= 15 is 0 Å². The van der Waals surface area contributed by atoms with Crippen molar-refractivity contribution in [3.05, 3.63) is 58.0 Å². The molecule has 0 saturated carbocycles. The Morgan fingerprint density at radius 2 is 0.840 bits per heavy atom. The minimum atomic E-state index is -1.52. The van der Waals surface area contributed by atoms with E-state index in [2.05, 4.69) is 78.0 Å². The van der Waals surface area contributed by atoms with E-state index in [1.54, 1.807) is 16.7 Å². The van der Waals surface area contributed by atoms with Crippen LogP contribution in [0.5, 0.6) is 0 Å². The van der Waals surface area contributed by atoms with E-state index in [1.807, 2.05) is 4.82 Å². The predicted octanol–water partition coefficient (Wildman–Crippen LogP) is 7.22. The van der Waals surface area contributed by atoms with Crippen LogP contribution >= 0.6 is 0 Å². The zero-order valence-corrected chi connectivity index (χ0v) is 18.7. The topological polar surface area (TPSA) is 0 Å². The Balaban J connectivity index is 2.17. The molecule has 0 fully saturated rings. The average Bonchev–Trinajstić information content (AvgIpc) is 3.28. The van der Waals surface area contributed by atoms with Crippen molar-refractivity contribution in [3.63, 3.8) is 0 Å². The van der Waals surface area contributed by atoms with Crippen molar-refractivity contribution in [1.82, 2.24) is 0 Å². The predicted molar refractivity (Wildman–Crippen MR) is 107 cm³/mol. The van der Waals surface area contributed by atoms with Gasteiger partial charge in [0.1, 0.15) is 0 Å². The van der Waals surface area contributed by atoms with Crippen LogP contribution in [-0.2, 0) is 0 Å². The Hall–Kier alpha value is -0.287. The molecule has 3 aliphatic rings. The maximum atomic E-state index is 2.43. The molecule has 0 atom stereocenters. The summed E-state index contributed by atoms with van der Waals surface area (Å²) in [5, 5.41) is 0. The van der Waals surface area contributed by atoms with Crippen LogP contribution in [0.3, 0.4) is 0 Å². The second kappa shape index (κ2) is 8.16. The molecule has 1 heteroatoms. The Morgan fingerprint density at radius 1 is 0.560 bits per heavy atom. The Labute approximate surface area is 167 Å². The van der Waals surface area contributed by atoms with Gasteiger partial charge in [-0.2, -0.15) is 0 Å². The van der Waals surface area contributed by atoms with Crippen molar-refractivity contribution in [2.45, 2.75) is 60.8 Å². The van der Waals surface area contributed by atoms with E-state index in [0.29, 0.717) is 17.8 Å². The Morgan fingerprint density at radius 3 is 1.08 bits per heavy atom. The van der Waals surface area contributed by atoms with E-state index in [4.69, 9.17) is 0 Å². The van der Waals surface area contributed by atoms with Gasteiger partial charge in [0.25, 0.3) is 0 Å². The molecule has 0 amide bonds. The van der Waals surface area contributed by atoms with Gasteiger partial charge in [0.2, 0.25) is 0 Å². The SMILES string of the molecule is CC(C)C1=[C]([Dy]([C]2=C(C(C)C)C=CC2)[C]2=C(C(C)C)C=CC2)CC=C1. The summed E-state index contributed by atoms with van der Waals surface area (Å²) < 4.78 is 5.48. The van der Waals surface area contributed by atoms with Gasteiger partial charge >= 0.3 is 169 Å². The van der Waals surface area contributed by atoms with Crippen LogP contribution in [-0.4, -0.2) is 0 Å².